The van der Waals surface area contributed by atoms with Gasteiger partial charge in [-0.25, -0.2) is 0 Å². The summed E-state index contributed by atoms with van der Waals surface area (Å²) in [5, 5.41) is 10.0. The molecule has 4 atom stereocenters. The molecule has 0 aromatic carbocycles. The fourth-order valence-corrected chi connectivity index (χ4v) is 3.55. The summed E-state index contributed by atoms with van der Waals surface area (Å²) < 4.78 is 0. The second-order valence-electron chi connectivity index (χ2n) is 5.81. The average molecular weight is 280 g/mol. The smallest absolute Gasteiger partial charge is 0.0595 e. The van der Waals surface area contributed by atoms with Gasteiger partial charge in [-0.15, -0.1) is 23.2 Å². The van der Waals surface area contributed by atoms with Crippen LogP contribution in [0.25, 0.3) is 0 Å². The van der Waals surface area contributed by atoms with E-state index in [9.17, 15) is 5.11 Å². The zero-order chi connectivity index (χ0) is 12.4. The minimum atomic E-state index is -0.271. The third kappa shape index (κ3) is 3.73. The summed E-state index contributed by atoms with van der Waals surface area (Å²) in [4.78, 5) is 2.48. The Morgan fingerprint density at radius 1 is 1.12 bits per heavy atom. The summed E-state index contributed by atoms with van der Waals surface area (Å²) >= 11 is 12.3. The van der Waals surface area contributed by atoms with Crippen molar-refractivity contribution in [1.29, 1.82) is 0 Å². The Bertz CT molecular complexity index is 244. The van der Waals surface area contributed by atoms with Gasteiger partial charge in [-0.3, -0.25) is 0 Å². The SMILES string of the molecule is CC1CCN(CC2CC(Cl)C(Cl)CC2O)CC1. The first kappa shape index (κ1) is 13.9. The molecular formula is C13H23Cl2NO. The predicted molar refractivity (Wildman–Crippen MR) is 72.9 cm³/mol. The number of rotatable bonds is 2. The lowest BCUT2D eigenvalue weighted by Gasteiger charge is -2.38. The van der Waals surface area contributed by atoms with Crippen molar-refractivity contribution in [2.75, 3.05) is 19.6 Å². The summed E-state index contributed by atoms with van der Waals surface area (Å²) in [5.74, 6) is 1.16. The summed E-state index contributed by atoms with van der Waals surface area (Å²) in [6.45, 7) is 5.64. The first-order chi connectivity index (χ1) is 8.06. The van der Waals surface area contributed by atoms with Crippen molar-refractivity contribution in [2.45, 2.75) is 49.5 Å². The molecule has 0 spiro atoms. The molecule has 0 aromatic rings. The van der Waals surface area contributed by atoms with Crippen LogP contribution in [0.15, 0.2) is 0 Å². The largest absolute Gasteiger partial charge is 0.393 e. The van der Waals surface area contributed by atoms with Gasteiger partial charge in [0.15, 0.2) is 0 Å². The number of aliphatic hydroxyl groups excluding tert-OH is 1. The zero-order valence-corrected chi connectivity index (χ0v) is 12.0. The van der Waals surface area contributed by atoms with Crippen molar-refractivity contribution in [3.8, 4) is 0 Å². The molecule has 4 heteroatoms. The number of hydrogen-bond donors (Lipinski definition) is 1. The molecule has 0 bridgehead atoms. The van der Waals surface area contributed by atoms with Crippen LogP contribution in [0.3, 0.4) is 0 Å². The second kappa shape index (κ2) is 6.10. The van der Waals surface area contributed by atoms with E-state index in [1.165, 1.54) is 25.9 Å². The van der Waals surface area contributed by atoms with Gasteiger partial charge in [0, 0.05) is 6.54 Å². The molecule has 2 aliphatic rings. The summed E-state index contributed by atoms with van der Waals surface area (Å²) in [6, 6.07) is 0. The Balaban J connectivity index is 1.82. The molecule has 0 radical (unpaired) electrons. The van der Waals surface area contributed by atoms with Gasteiger partial charge >= 0.3 is 0 Å². The molecule has 17 heavy (non-hydrogen) atoms. The molecule has 2 fully saturated rings. The van der Waals surface area contributed by atoms with E-state index in [1.54, 1.807) is 0 Å². The van der Waals surface area contributed by atoms with Gasteiger partial charge in [0.2, 0.25) is 0 Å². The molecule has 1 aliphatic carbocycles. The van der Waals surface area contributed by atoms with Crippen LogP contribution in [-0.4, -0.2) is 46.5 Å². The quantitative estimate of drug-likeness (QED) is 0.786. The maximum Gasteiger partial charge on any atom is 0.0595 e. The van der Waals surface area contributed by atoms with Gasteiger partial charge in [-0.1, -0.05) is 6.92 Å². The number of piperidine rings is 1. The predicted octanol–water partition coefficient (Wildman–Crippen LogP) is 2.70. The van der Waals surface area contributed by atoms with Crippen LogP contribution in [0.2, 0.25) is 0 Å². The lowest BCUT2D eigenvalue weighted by atomic mass is 9.85. The van der Waals surface area contributed by atoms with Crippen molar-refractivity contribution in [2.24, 2.45) is 11.8 Å². The third-order valence-corrected chi connectivity index (χ3v) is 5.39. The van der Waals surface area contributed by atoms with Crippen molar-refractivity contribution in [3.63, 3.8) is 0 Å². The van der Waals surface area contributed by atoms with E-state index in [0.717, 1.165) is 18.9 Å². The zero-order valence-electron chi connectivity index (χ0n) is 10.5. The highest BCUT2D eigenvalue weighted by Crippen LogP contribution is 2.33. The van der Waals surface area contributed by atoms with Crippen molar-refractivity contribution >= 4 is 23.2 Å². The van der Waals surface area contributed by atoms with Crippen molar-refractivity contribution < 1.29 is 5.11 Å². The van der Waals surface area contributed by atoms with E-state index in [2.05, 4.69) is 11.8 Å². The van der Waals surface area contributed by atoms with Crippen LogP contribution < -0.4 is 0 Å². The molecule has 1 saturated carbocycles. The highest BCUT2D eigenvalue weighted by atomic mass is 35.5. The fourth-order valence-electron chi connectivity index (χ4n) is 2.94. The number of hydrogen-bond acceptors (Lipinski definition) is 2. The highest BCUT2D eigenvalue weighted by molar-refractivity contribution is 6.30. The number of aliphatic hydroxyl groups is 1. The highest BCUT2D eigenvalue weighted by Gasteiger charge is 2.35. The molecular weight excluding hydrogens is 257 g/mol. The van der Waals surface area contributed by atoms with Crippen LogP contribution >= 0.6 is 23.2 Å². The topological polar surface area (TPSA) is 23.5 Å². The molecule has 4 unspecified atom stereocenters. The minimum Gasteiger partial charge on any atom is -0.393 e. The Labute approximate surface area is 114 Å². The van der Waals surface area contributed by atoms with Gasteiger partial charge in [-0.05, 0) is 50.6 Å². The van der Waals surface area contributed by atoms with Gasteiger partial charge in [0.1, 0.15) is 0 Å². The number of likely N-dealkylation sites (tertiary alicyclic amines) is 1. The first-order valence-electron chi connectivity index (χ1n) is 6.75. The van der Waals surface area contributed by atoms with Crippen LogP contribution in [0.1, 0.15) is 32.6 Å². The minimum absolute atomic E-state index is 0.0220. The van der Waals surface area contributed by atoms with Crippen LogP contribution in [-0.2, 0) is 0 Å². The van der Waals surface area contributed by atoms with Gasteiger partial charge in [0.25, 0.3) is 0 Å². The first-order valence-corrected chi connectivity index (χ1v) is 7.62. The lowest BCUT2D eigenvalue weighted by Crippen LogP contribution is -2.45. The molecule has 2 nitrogen and oxygen atoms in total. The Hall–Kier alpha value is 0.500. The summed E-state index contributed by atoms with van der Waals surface area (Å²) in [6.07, 6.45) is 3.79. The fraction of sp³-hybridized carbons (Fsp3) is 1.00. The number of alkyl halides is 2. The summed E-state index contributed by atoms with van der Waals surface area (Å²) in [5.41, 5.74) is 0. The Kier molecular flexibility index (Phi) is 4.99. The molecule has 100 valence electrons. The molecule has 1 saturated heterocycles. The molecule has 2 rings (SSSR count). The third-order valence-electron chi connectivity index (χ3n) is 4.30. The molecule has 1 heterocycles. The van der Waals surface area contributed by atoms with E-state index in [4.69, 9.17) is 23.2 Å². The van der Waals surface area contributed by atoms with Crippen molar-refractivity contribution in [1.82, 2.24) is 4.90 Å². The van der Waals surface area contributed by atoms with Crippen LogP contribution in [0.4, 0.5) is 0 Å². The molecule has 1 N–H and O–H groups in total. The standard InChI is InChI=1S/C13H23Cl2NO/c1-9-2-4-16(5-3-9)8-10-6-11(14)12(15)7-13(10)17/h9-13,17H,2-8H2,1H3. The van der Waals surface area contributed by atoms with Crippen LogP contribution in [0.5, 0.6) is 0 Å². The van der Waals surface area contributed by atoms with E-state index in [1.807, 2.05) is 0 Å². The Morgan fingerprint density at radius 3 is 2.35 bits per heavy atom. The maximum atomic E-state index is 10.1. The summed E-state index contributed by atoms with van der Waals surface area (Å²) in [7, 11) is 0. The van der Waals surface area contributed by atoms with Crippen molar-refractivity contribution in [3.05, 3.63) is 0 Å². The average Bonchev–Trinajstić information content (AvgIpc) is 2.29. The molecule has 0 aromatic heterocycles. The van der Waals surface area contributed by atoms with Gasteiger partial charge in [0.05, 0.1) is 16.9 Å². The molecule has 0 amide bonds. The van der Waals surface area contributed by atoms with Gasteiger partial charge in [-0.2, -0.15) is 0 Å². The number of halogens is 2. The maximum absolute atomic E-state index is 10.1. The normalized spacial score (nSPS) is 41.6. The number of nitrogens with zero attached hydrogens (tertiary/aromatic N) is 1. The monoisotopic (exact) mass is 279 g/mol. The van der Waals surface area contributed by atoms with Crippen LogP contribution in [0, 0.1) is 11.8 Å². The van der Waals surface area contributed by atoms with E-state index in [-0.39, 0.29) is 16.9 Å². The molecule has 1 aliphatic heterocycles. The Morgan fingerprint density at radius 2 is 1.71 bits per heavy atom. The van der Waals surface area contributed by atoms with E-state index < -0.39 is 0 Å². The lowest BCUT2D eigenvalue weighted by molar-refractivity contribution is 0.0416. The van der Waals surface area contributed by atoms with Gasteiger partial charge < -0.3 is 10.0 Å². The van der Waals surface area contributed by atoms with E-state index >= 15 is 0 Å². The van der Waals surface area contributed by atoms with E-state index in [0.29, 0.717) is 12.3 Å². The second-order valence-corrected chi connectivity index (χ2v) is 6.94.